The topological polar surface area (TPSA) is 66.0 Å². The Kier molecular flexibility index (Phi) is 5.94. The van der Waals surface area contributed by atoms with Gasteiger partial charge in [0.15, 0.2) is 0 Å². The van der Waals surface area contributed by atoms with Gasteiger partial charge in [-0.3, -0.25) is 0 Å². The highest BCUT2D eigenvalue weighted by Crippen LogP contribution is 2.36. The van der Waals surface area contributed by atoms with Gasteiger partial charge in [-0.25, -0.2) is 4.79 Å². The van der Waals surface area contributed by atoms with Crippen LogP contribution in [0.3, 0.4) is 0 Å². The maximum absolute atomic E-state index is 12.1. The van der Waals surface area contributed by atoms with Gasteiger partial charge in [0, 0.05) is 0 Å². The summed E-state index contributed by atoms with van der Waals surface area (Å²) in [6, 6.07) is 7.77. The van der Waals surface area contributed by atoms with Crippen molar-refractivity contribution in [2.45, 2.75) is 96.7 Å². The van der Waals surface area contributed by atoms with Gasteiger partial charge in [-0.05, 0) is 85.3 Å². The molecule has 0 aromatic heterocycles. The number of carbonyl (C=O) groups excluding carboxylic acids is 1. The van der Waals surface area contributed by atoms with Crippen molar-refractivity contribution < 1.29 is 23.6 Å². The highest BCUT2D eigenvalue weighted by molar-refractivity contribution is 6.62. The zero-order valence-corrected chi connectivity index (χ0v) is 18.7. The molecule has 7 heteroatoms. The summed E-state index contributed by atoms with van der Waals surface area (Å²) in [6.45, 7) is 13.7. The summed E-state index contributed by atoms with van der Waals surface area (Å²) in [5.74, 6) is 0.771. The fraction of sp³-hybridized carbons (Fsp3) is 0.682. The second kappa shape index (κ2) is 7.84. The van der Waals surface area contributed by atoms with E-state index >= 15 is 0 Å². The average molecular weight is 403 g/mol. The number of nitrogens with one attached hydrogen (secondary N) is 1. The second-order valence-corrected chi connectivity index (χ2v) is 10.00. The minimum Gasteiger partial charge on any atom is -0.488 e. The summed E-state index contributed by atoms with van der Waals surface area (Å²) in [6.07, 6.45) is 2.34. The van der Waals surface area contributed by atoms with Crippen molar-refractivity contribution in [1.82, 2.24) is 5.32 Å². The van der Waals surface area contributed by atoms with Gasteiger partial charge in [0.1, 0.15) is 17.5 Å². The standard InChI is InChI=1S/C22H34BNO5/c1-20(2,3)27-19(25)24-17-9-8-10-18(17)26-16-13-11-15(12-14-16)23-28-21(4,5)22(6,7)29-23/h11-14,17-18H,8-10H2,1-7H3,(H,24,25)/t17-,18-/m1/s1. The van der Waals surface area contributed by atoms with Crippen molar-refractivity contribution in [3.63, 3.8) is 0 Å². The molecule has 1 heterocycles. The number of carbonyl (C=O) groups is 1. The Balaban J connectivity index is 1.59. The zero-order chi connectivity index (χ0) is 21.4. The van der Waals surface area contributed by atoms with Crippen LogP contribution in [0.2, 0.25) is 0 Å². The lowest BCUT2D eigenvalue weighted by atomic mass is 9.79. The van der Waals surface area contributed by atoms with Crippen LogP contribution in [-0.2, 0) is 14.0 Å². The Bertz CT molecular complexity index is 710. The monoisotopic (exact) mass is 403 g/mol. The Hall–Kier alpha value is -1.73. The molecule has 0 radical (unpaired) electrons. The maximum Gasteiger partial charge on any atom is 0.494 e. The largest absolute Gasteiger partial charge is 0.494 e. The summed E-state index contributed by atoms with van der Waals surface area (Å²) in [5, 5.41) is 2.95. The molecule has 0 spiro atoms. The lowest BCUT2D eigenvalue weighted by Crippen LogP contribution is -2.44. The Morgan fingerprint density at radius 1 is 1.07 bits per heavy atom. The van der Waals surface area contributed by atoms with Gasteiger partial charge in [-0.15, -0.1) is 0 Å². The quantitative estimate of drug-likeness (QED) is 0.775. The first-order chi connectivity index (χ1) is 13.4. The van der Waals surface area contributed by atoms with Crippen LogP contribution in [0.5, 0.6) is 5.75 Å². The van der Waals surface area contributed by atoms with Crippen LogP contribution in [0.1, 0.15) is 67.7 Å². The van der Waals surface area contributed by atoms with Crippen molar-refractivity contribution in [3.05, 3.63) is 24.3 Å². The molecule has 29 heavy (non-hydrogen) atoms. The molecule has 1 aromatic rings. The summed E-state index contributed by atoms with van der Waals surface area (Å²) >= 11 is 0. The molecule has 1 N–H and O–H groups in total. The van der Waals surface area contributed by atoms with E-state index in [-0.39, 0.29) is 30.5 Å². The van der Waals surface area contributed by atoms with E-state index < -0.39 is 11.7 Å². The predicted molar refractivity (Wildman–Crippen MR) is 114 cm³/mol. The average Bonchev–Trinajstić information content (AvgIpc) is 3.07. The predicted octanol–water partition coefficient (Wildman–Crippen LogP) is 3.81. The molecule has 3 rings (SSSR count). The molecule has 1 saturated heterocycles. The third-order valence-corrected chi connectivity index (χ3v) is 5.85. The molecular weight excluding hydrogens is 369 g/mol. The molecule has 160 valence electrons. The summed E-state index contributed by atoms with van der Waals surface area (Å²) in [5.41, 5.74) is -0.275. The van der Waals surface area contributed by atoms with E-state index in [0.29, 0.717) is 0 Å². The number of rotatable bonds is 4. The molecule has 1 saturated carbocycles. The van der Waals surface area contributed by atoms with E-state index in [1.54, 1.807) is 0 Å². The Morgan fingerprint density at radius 3 is 2.21 bits per heavy atom. The van der Waals surface area contributed by atoms with Crippen LogP contribution in [-0.4, -0.2) is 42.2 Å². The van der Waals surface area contributed by atoms with Crippen LogP contribution < -0.4 is 15.5 Å². The van der Waals surface area contributed by atoms with Gasteiger partial charge in [0.05, 0.1) is 17.2 Å². The number of hydrogen-bond donors (Lipinski definition) is 1. The second-order valence-electron chi connectivity index (χ2n) is 10.00. The van der Waals surface area contributed by atoms with Gasteiger partial charge in [0.2, 0.25) is 0 Å². The Morgan fingerprint density at radius 2 is 1.66 bits per heavy atom. The van der Waals surface area contributed by atoms with Crippen molar-refractivity contribution >= 4 is 18.7 Å². The highest BCUT2D eigenvalue weighted by atomic mass is 16.7. The number of amides is 1. The van der Waals surface area contributed by atoms with Crippen molar-refractivity contribution in [2.75, 3.05) is 0 Å². The van der Waals surface area contributed by atoms with Crippen LogP contribution >= 0.6 is 0 Å². The van der Waals surface area contributed by atoms with Crippen LogP contribution in [0.4, 0.5) is 4.79 Å². The molecule has 0 bridgehead atoms. The van der Waals surface area contributed by atoms with E-state index in [4.69, 9.17) is 18.8 Å². The minimum absolute atomic E-state index is 0.0485. The molecule has 0 unspecified atom stereocenters. The molecule has 2 fully saturated rings. The van der Waals surface area contributed by atoms with Crippen LogP contribution in [0.25, 0.3) is 0 Å². The number of ether oxygens (including phenoxy) is 2. The molecule has 1 aromatic carbocycles. The SMILES string of the molecule is CC(C)(C)OC(=O)N[C@@H]1CCC[C@H]1Oc1ccc(B2OC(C)(C)C(C)(C)O2)cc1. The Labute approximate surface area is 174 Å². The molecular formula is C22H34BNO5. The van der Waals surface area contributed by atoms with Gasteiger partial charge >= 0.3 is 13.2 Å². The molecule has 2 aliphatic rings. The summed E-state index contributed by atoms with van der Waals surface area (Å²) < 4.78 is 23.7. The normalized spacial score (nSPS) is 25.7. The maximum atomic E-state index is 12.1. The lowest BCUT2D eigenvalue weighted by Gasteiger charge is -2.32. The van der Waals surface area contributed by atoms with Gasteiger partial charge in [-0.2, -0.15) is 0 Å². The van der Waals surface area contributed by atoms with E-state index in [0.717, 1.165) is 30.5 Å². The number of benzene rings is 1. The van der Waals surface area contributed by atoms with E-state index in [2.05, 4.69) is 5.32 Å². The van der Waals surface area contributed by atoms with Gasteiger partial charge in [0.25, 0.3) is 0 Å². The first kappa shape index (κ1) is 22.0. The molecule has 1 aliphatic heterocycles. The highest BCUT2D eigenvalue weighted by Gasteiger charge is 2.51. The summed E-state index contributed by atoms with van der Waals surface area (Å²) in [4.78, 5) is 12.1. The molecule has 1 amide bonds. The van der Waals surface area contributed by atoms with E-state index in [1.165, 1.54) is 0 Å². The minimum atomic E-state index is -0.512. The lowest BCUT2D eigenvalue weighted by molar-refractivity contribution is 0.00578. The smallest absolute Gasteiger partial charge is 0.488 e. The third kappa shape index (κ3) is 5.26. The van der Waals surface area contributed by atoms with Crippen molar-refractivity contribution in [1.29, 1.82) is 0 Å². The molecule has 6 nitrogen and oxygen atoms in total. The zero-order valence-electron chi connectivity index (χ0n) is 18.7. The van der Waals surface area contributed by atoms with Gasteiger partial charge < -0.3 is 24.1 Å². The van der Waals surface area contributed by atoms with Crippen LogP contribution in [0.15, 0.2) is 24.3 Å². The first-order valence-corrected chi connectivity index (χ1v) is 10.5. The first-order valence-electron chi connectivity index (χ1n) is 10.5. The van der Waals surface area contributed by atoms with E-state index in [9.17, 15) is 4.79 Å². The molecule has 2 atom stereocenters. The van der Waals surface area contributed by atoms with Crippen LogP contribution in [0, 0.1) is 0 Å². The number of alkyl carbamates (subject to hydrolysis) is 1. The fourth-order valence-electron chi connectivity index (χ4n) is 3.55. The van der Waals surface area contributed by atoms with Crippen molar-refractivity contribution in [2.24, 2.45) is 0 Å². The van der Waals surface area contributed by atoms with Gasteiger partial charge in [-0.1, -0.05) is 12.1 Å². The fourth-order valence-corrected chi connectivity index (χ4v) is 3.55. The number of hydrogen-bond acceptors (Lipinski definition) is 5. The third-order valence-electron chi connectivity index (χ3n) is 5.85. The van der Waals surface area contributed by atoms with Crippen molar-refractivity contribution in [3.8, 4) is 5.75 Å². The van der Waals surface area contributed by atoms with E-state index in [1.807, 2.05) is 72.7 Å². The molecule has 1 aliphatic carbocycles. The summed E-state index contributed by atoms with van der Waals surface area (Å²) in [7, 11) is -0.387.